The van der Waals surface area contributed by atoms with Crippen LogP contribution < -0.4 is 14.2 Å². The molecule has 3 aromatic rings. The van der Waals surface area contributed by atoms with E-state index in [9.17, 15) is 4.79 Å². The summed E-state index contributed by atoms with van der Waals surface area (Å²) >= 11 is 1.13. The minimum atomic E-state index is -0.626. The number of benzene rings is 2. The maximum atomic E-state index is 12.5. The summed E-state index contributed by atoms with van der Waals surface area (Å²) in [7, 11) is 4.58. The molecule has 0 aliphatic carbocycles. The van der Waals surface area contributed by atoms with Gasteiger partial charge in [0.15, 0.2) is 11.5 Å². The molecule has 0 amide bonds. The molecule has 0 spiro atoms. The number of hydrogen-bond donors (Lipinski definition) is 0. The zero-order valence-corrected chi connectivity index (χ0v) is 17.9. The van der Waals surface area contributed by atoms with Gasteiger partial charge < -0.3 is 23.4 Å². The van der Waals surface area contributed by atoms with Crippen LogP contribution in [0.1, 0.15) is 17.7 Å². The second-order valence-electron chi connectivity index (χ2n) is 5.95. The molecule has 0 fully saturated rings. The highest BCUT2D eigenvalue weighted by Gasteiger charge is 2.26. The number of thioether (sulfide) groups is 1. The highest BCUT2D eigenvalue weighted by atomic mass is 32.2. The zero-order valence-electron chi connectivity index (χ0n) is 17.1. The van der Waals surface area contributed by atoms with Crippen molar-refractivity contribution < 1.29 is 28.2 Å². The zero-order chi connectivity index (χ0) is 21.5. The van der Waals surface area contributed by atoms with Crippen LogP contribution >= 0.6 is 11.8 Å². The second-order valence-corrected chi connectivity index (χ2v) is 7.00. The molecule has 0 N–H and O–H groups in total. The van der Waals surface area contributed by atoms with E-state index in [0.717, 1.165) is 17.3 Å². The van der Waals surface area contributed by atoms with Crippen LogP contribution in [-0.4, -0.2) is 44.1 Å². The van der Waals surface area contributed by atoms with Gasteiger partial charge in [-0.2, -0.15) is 0 Å². The fraction of sp³-hybridized carbons (Fsp3) is 0.286. The Balaban J connectivity index is 1.91. The summed E-state index contributed by atoms with van der Waals surface area (Å²) in [4.78, 5) is 12.5. The molecule has 1 atom stereocenters. The van der Waals surface area contributed by atoms with Gasteiger partial charge in [-0.1, -0.05) is 30.3 Å². The maximum absolute atomic E-state index is 12.5. The van der Waals surface area contributed by atoms with E-state index in [1.165, 1.54) is 21.3 Å². The quantitative estimate of drug-likeness (QED) is 0.366. The van der Waals surface area contributed by atoms with E-state index in [4.69, 9.17) is 23.4 Å². The molecule has 1 heterocycles. The van der Waals surface area contributed by atoms with Crippen molar-refractivity contribution in [1.29, 1.82) is 0 Å². The summed E-state index contributed by atoms with van der Waals surface area (Å²) in [6.45, 7) is 2.04. The van der Waals surface area contributed by atoms with Gasteiger partial charge in [0.1, 0.15) is 5.25 Å². The largest absolute Gasteiger partial charge is 0.493 e. The molecule has 3 rings (SSSR count). The van der Waals surface area contributed by atoms with Crippen LogP contribution in [0.3, 0.4) is 0 Å². The van der Waals surface area contributed by atoms with E-state index in [2.05, 4.69) is 10.2 Å². The number of hydrogen-bond acceptors (Lipinski definition) is 9. The predicted molar refractivity (Wildman–Crippen MR) is 111 cm³/mol. The normalized spacial score (nSPS) is 11.6. The molecule has 0 aliphatic heterocycles. The molecule has 0 radical (unpaired) electrons. The SMILES string of the molecule is CCOC(=O)C(Sc1nnc(-c2cc(OC)c(OC)c(OC)c2)o1)c1ccccc1. The molecule has 1 aromatic heterocycles. The smallest absolute Gasteiger partial charge is 0.324 e. The number of carbonyl (C=O) groups excluding carboxylic acids is 1. The number of carbonyl (C=O) groups is 1. The van der Waals surface area contributed by atoms with Crippen LogP contribution in [0.5, 0.6) is 17.2 Å². The minimum absolute atomic E-state index is 0.237. The van der Waals surface area contributed by atoms with Crippen LogP contribution in [0.4, 0.5) is 0 Å². The minimum Gasteiger partial charge on any atom is -0.493 e. The van der Waals surface area contributed by atoms with Gasteiger partial charge in [-0.25, -0.2) is 0 Å². The van der Waals surface area contributed by atoms with Gasteiger partial charge in [-0.15, -0.1) is 10.2 Å². The highest BCUT2D eigenvalue weighted by Crippen LogP contribution is 2.42. The lowest BCUT2D eigenvalue weighted by atomic mass is 10.1. The van der Waals surface area contributed by atoms with E-state index >= 15 is 0 Å². The first-order valence-corrected chi connectivity index (χ1v) is 10.0. The highest BCUT2D eigenvalue weighted by molar-refractivity contribution is 8.00. The Hall–Kier alpha value is -3.20. The third-order valence-corrected chi connectivity index (χ3v) is 5.21. The van der Waals surface area contributed by atoms with Crippen molar-refractivity contribution in [2.24, 2.45) is 0 Å². The first-order valence-electron chi connectivity index (χ1n) is 9.13. The summed E-state index contributed by atoms with van der Waals surface area (Å²) in [6, 6.07) is 12.7. The van der Waals surface area contributed by atoms with E-state index < -0.39 is 5.25 Å². The third kappa shape index (κ3) is 4.68. The Bertz CT molecular complexity index is 967. The third-order valence-electron chi connectivity index (χ3n) is 4.14. The standard InChI is InChI=1S/C21H22N2O6S/c1-5-28-20(24)18(13-9-7-6-8-10-13)30-21-23-22-19(29-21)14-11-15(25-2)17(27-4)16(12-14)26-3/h6-12,18H,5H2,1-4H3. The van der Waals surface area contributed by atoms with Crippen molar-refractivity contribution >= 4 is 17.7 Å². The Morgan fingerprint density at radius 2 is 1.70 bits per heavy atom. The number of nitrogens with zero attached hydrogens (tertiary/aromatic N) is 2. The number of aromatic nitrogens is 2. The van der Waals surface area contributed by atoms with E-state index in [1.54, 1.807) is 19.1 Å². The molecule has 8 nitrogen and oxygen atoms in total. The predicted octanol–water partition coefficient (Wildman–Crippen LogP) is 4.16. The molecule has 30 heavy (non-hydrogen) atoms. The fourth-order valence-corrected chi connectivity index (χ4v) is 3.65. The summed E-state index contributed by atoms with van der Waals surface area (Å²) in [5.74, 6) is 1.28. The Morgan fingerprint density at radius 1 is 1.03 bits per heavy atom. The van der Waals surface area contributed by atoms with E-state index in [-0.39, 0.29) is 23.7 Å². The summed E-state index contributed by atoms with van der Waals surface area (Å²) in [5, 5.41) is 7.79. The van der Waals surface area contributed by atoms with Gasteiger partial charge >= 0.3 is 5.97 Å². The average molecular weight is 430 g/mol. The molecule has 2 aromatic carbocycles. The Labute approximate surface area is 178 Å². The van der Waals surface area contributed by atoms with Gasteiger partial charge in [0.2, 0.25) is 11.6 Å². The molecule has 1 unspecified atom stereocenters. The lowest BCUT2D eigenvalue weighted by molar-refractivity contribution is -0.142. The summed E-state index contributed by atoms with van der Waals surface area (Å²) < 4.78 is 27.1. The van der Waals surface area contributed by atoms with Crippen molar-refractivity contribution in [3.05, 3.63) is 48.0 Å². The molecule has 9 heteroatoms. The van der Waals surface area contributed by atoms with Gasteiger partial charge in [-0.3, -0.25) is 4.79 Å². The lowest BCUT2D eigenvalue weighted by Crippen LogP contribution is -2.13. The molecule has 0 saturated carbocycles. The first kappa shape index (κ1) is 21.5. The Kier molecular flexibility index (Phi) is 7.18. The molecule has 158 valence electrons. The van der Waals surface area contributed by atoms with Crippen LogP contribution in [0.2, 0.25) is 0 Å². The van der Waals surface area contributed by atoms with Crippen LogP contribution in [0.25, 0.3) is 11.5 Å². The van der Waals surface area contributed by atoms with Crippen molar-refractivity contribution in [2.45, 2.75) is 17.4 Å². The number of rotatable bonds is 9. The van der Waals surface area contributed by atoms with Crippen molar-refractivity contribution in [3.63, 3.8) is 0 Å². The second kappa shape index (κ2) is 10.0. The summed E-state index contributed by atoms with van der Waals surface area (Å²) in [5.41, 5.74) is 1.38. The van der Waals surface area contributed by atoms with Crippen molar-refractivity contribution in [2.75, 3.05) is 27.9 Å². The molecule has 0 bridgehead atoms. The number of methoxy groups -OCH3 is 3. The Morgan fingerprint density at radius 3 is 2.27 bits per heavy atom. The summed E-state index contributed by atoms with van der Waals surface area (Å²) in [6.07, 6.45) is 0. The molecular weight excluding hydrogens is 408 g/mol. The monoisotopic (exact) mass is 430 g/mol. The van der Waals surface area contributed by atoms with Gasteiger partial charge in [0, 0.05) is 5.56 Å². The molecular formula is C21H22N2O6S. The molecule has 0 aliphatic rings. The van der Waals surface area contributed by atoms with Gasteiger partial charge in [-0.05, 0) is 36.4 Å². The number of ether oxygens (including phenoxy) is 4. The number of esters is 1. The molecule has 0 saturated heterocycles. The topological polar surface area (TPSA) is 92.9 Å². The van der Waals surface area contributed by atoms with Crippen LogP contribution in [-0.2, 0) is 9.53 Å². The van der Waals surface area contributed by atoms with Gasteiger partial charge in [0.25, 0.3) is 5.22 Å². The van der Waals surface area contributed by atoms with Gasteiger partial charge in [0.05, 0.1) is 27.9 Å². The fourth-order valence-electron chi connectivity index (χ4n) is 2.78. The van der Waals surface area contributed by atoms with Crippen molar-refractivity contribution in [1.82, 2.24) is 10.2 Å². The van der Waals surface area contributed by atoms with Crippen LogP contribution in [0.15, 0.2) is 52.1 Å². The average Bonchev–Trinajstić information content (AvgIpc) is 3.25. The van der Waals surface area contributed by atoms with E-state index in [0.29, 0.717) is 22.8 Å². The van der Waals surface area contributed by atoms with Crippen LogP contribution in [0, 0.1) is 0 Å². The first-order chi connectivity index (χ1) is 14.6. The van der Waals surface area contributed by atoms with Crippen molar-refractivity contribution in [3.8, 4) is 28.7 Å². The lowest BCUT2D eigenvalue weighted by Gasteiger charge is -2.13. The maximum Gasteiger partial charge on any atom is 0.324 e. The van der Waals surface area contributed by atoms with E-state index in [1.807, 2.05) is 30.3 Å².